The van der Waals surface area contributed by atoms with Crippen LogP contribution in [0.2, 0.25) is 0 Å². The third-order valence-corrected chi connectivity index (χ3v) is 4.31. The maximum Gasteiger partial charge on any atom is 0.272 e. The van der Waals surface area contributed by atoms with Gasteiger partial charge in [0, 0.05) is 19.0 Å². The van der Waals surface area contributed by atoms with Crippen molar-refractivity contribution in [1.29, 1.82) is 0 Å². The zero-order valence-corrected chi connectivity index (χ0v) is 13.9. The van der Waals surface area contributed by atoms with Gasteiger partial charge in [-0.15, -0.1) is 0 Å². The van der Waals surface area contributed by atoms with Crippen LogP contribution in [0, 0.1) is 11.7 Å². The lowest BCUT2D eigenvalue weighted by Crippen LogP contribution is -2.42. The van der Waals surface area contributed by atoms with Crippen LogP contribution in [0.1, 0.15) is 29.0 Å². The number of carbonyl (C=O) groups excluding carboxylic acids is 1. The summed E-state index contributed by atoms with van der Waals surface area (Å²) in [6.45, 7) is 1.40. The van der Waals surface area contributed by atoms with Crippen LogP contribution in [0.3, 0.4) is 0 Å². The average Bonchev–Trinajstić information content (AvgIpc) is 2.67. The minimum atomic E-state index is -0.378. The number of para-hydroxylation sites is 1. The van der Waals surface area contributed by atoms with Gasteiger partial charge in [0.25, 0.3) is 5.91 Å². The third-order valence-electron chi connectivity index (χ3n) is 4.31. The summed E-state index contributed by atoms with van der Waals surface area (Å²) < 4.78 is 19.2. The lowest BCUT2D eigenvalue weighted by atomic mass is 9.98. The Kier molecular flexibility index (Phi) is 5.60. The summed E-state index contributed by atoms with van der Waals surface area (Å²) in [4.78, 5) is 18.5. The van der Waals surface area contributed by atoms with Gasteiger partial charge in [0.1, 0.15) is 5.69 Å². The third kappa shape index (κ3) is 4.33. The lowest BCUT2D eigenvalue weighted by Gasteiger charge is -2.32. The van der Waals surface area contributed by atoms with Gasteiger partial charge >= 0.3 is 0 Å². The van der Waals surface area contributed by atoms with E-state index in [1.165, 1.54) is 6.07 Å². The summed E-state index contributed by atoms with van der Waals surface area (Å²) in [5.41, 5.74) is 0.810. The fourth-order valence-electron chi connectivity index (χ4n) is 3.00. The van der Waals surface area contributed by atoms with Crippen LogP contribution in [0.25, 0.3) is 0 Å². The summed E-state index contributed by atoms with van der Waals surface area (Å²) in [5, 5.41) is 9.16. The second-order valence-corrected chi connectivity index (χ2v) is 6.17. The number of aliphatic hydroxyl groups excluding tert-OH is 1. The molecule has 5 nitrogen and oxygen atoms in total. The van der Waals surface area contributed by atoms with Gasteiger partial charge < -0.3 is 14.7 Å². The van der Waals surface area contributed by atoms with Crippen LogP contribution >= 0.6 is 0 Å². The van der Waals surface area contributed by atoms with Crippen LogP contribution in [0.4, 0.5) is 4.39 Å². The molecule has 0 bridgehead atoms. The van der Waals surface area contributed by atoms with E-state index in [0.717, 1.165) is 12.8 Å². The molecule has 132 valence electrons. The minimum Gasteiger partial charge on any atom is -0.490 e. The molecular formula is C19H21FN2O3. The number of pyridine rings is 1. The first kappa shape index (κ1) is 17.4. The normalized spacial score (nSPS) is 17.4. The molecule has 2 heterocycles. The molecule has 1 aliphatic heterocycles. The number of carbonyl (C=O) groups is 1. The first-order valence-corrected chi connectivity index (χ1v) is 8.41. The average molecular weight is 344 g/mol. The summed E-state index contributed by atoms with van der Waals surface area (Å²) in [7, 11) is 0. The largest absolute Gasteiger partial charge is 0.490 e. The molecule has 0 unspecified atom stereocenters. The second-order valence-electron chi connectivity index (χ2n) is 6.17. The highest BCUT2D eigenvalue weighted by atomic mass is 19.1. The molecule has 0 aliphatic carbocycles. The number of aliphatic hydroxyl groups is 1. The van der Waals surface area contributed by atoms with Crippen LogP contribution < -0.4 is 4.74 Å². The van der Waals surface area contributed by atoms with Crippen molar-refractivity contribution >= 4 is 5.91 Å². The molecule has 0 spiro atoms. The summed E-state index contributed by atoms with van der Waals surface area (Å²) >= 11 is 0. The molecule has 1 aliphatic rings. The molecule has 3 rings (SSSR count). The second kappa shape index (κ2) is 8.07. The first-order chi connectivity index (χ1) is 12.2. The Morgan fingerprint density at radius 1 is 1.28 bits per heavy atom. The van der Waals surface area contributed by atoms with Crippen LogP contribution in [-0.2, 0) is 6.61 Å². The van der Waals surface area contributed by atoms with E-state index in [-0.39, 0.29) is 30.0 Å². The highest BCUT2D eigenvalue weighted by Gasteiger charge is 2.26. The predicted molar refractivity (Wildman–Crippen MR) is 90.7 cm³/mol. The number of piperidine rings is 1. The first-order valence-electron chi connectivity index (χ1n) is 8.41. The Morgan fingerprint density at radius 2 is 2.12 bits per heavy atom. The van der Waals surface area contributed by atoms with Gasteiger partial charge in [-0.25, -0.2) is 9.37 Å². The highest BCUT2D eigenvalue weighted by Crippen LogP contribution is 2.21. The maximum atomic E-state index is 13.6. The Bertz CT molecular complexity index is 738. The molecule has 1 aromatic heterocycles. The van der Waals surface area contributed by atoms with Crippen molar-refractivity contribution in [2.24, 2.45) is 5.92 Å². The summed E-state index contributed by atoms with van der Waals surface area (Å²) in [6, 6.07) is 11.4. The molecule has 1 atom stereocenters. The number of halogens is 1. The number of hydrogen-bond acceptors (Lipinski definition) is 4. The van der Waals surface area contributed by atoms with Gasteiger partial charge in [0.15, 0.2) is 11.6 Å². The van der Waals surface area contributed by atoms with E-state index in [4.69, 9.17) is 9.84 Å². The number of rotatable bonds is 5. The molecule has 25 heavy (non-hydrogen) atoms. The fraction of sp³-hybridized carbons (Fsp3) is 0.368. The summed E-state index contributed by atoms with van der Waals surface area (Å²) in [6.07, 6.45) is 1.80. The van der Waals surface area contributed by atoms with Gasteiger partial charge in [0.05, 0.1) is 18.9 Å². The van der Waals surface area contributed by atoms with Crippen molar-refractivity contribution in [2.75, 3.05) is 19.7 Å². The Balaban J connectivity index is 1.60. The van der Waals surface area contributed by atoms with Crippen LogP contribution in [0.5, 0.6) is 5.75 Å². The molecular weight excluding hydrogens is 323 g/mol. The van der Waals surface area contributed by atoms with Crippen LogP contribution in [0.15, 0.2) is 42.5 Å². The van der Waals surface area contributed by atoms with Crippen LogP contribution in [-0.4, -0.2) is 40.6 Å². The van der Waals surface area contributed by atoms with Gasteiger partial charge in [-0.05, 0) is 37.1 Å². The van der Waals surface area contributed by atoms with Crippen molar-refractivity contribution < 1.29 is 19.0 Å². The molecule has 0 radical (unpaired) electrons. The number of amides is 1. The molecule has 1 fully saturated rings. The standard InChI is InChI=1S/C19H21FN2O3/c20-16-7-1-2-9-18(16)25-13-14-5-4-10-22(11-14)19(24)17-8-3-6-15(12-23)21-17/h1-3,6-9,14,23H,4-5,10-13H2/t14-/m0/s1. The lowest BCUT2D eigenvalue weighted by molar-refractivity contribution is 0.0625. The number of benzene rings is 1. The number of nitrogens with zero attached hydrogens (tertiary/aromatic N) is 2. The number of ether oxygens (including phenoxy) is 1. The fourth-order valence-corrected chi connectivity index (χ4v) is 3.00. The van der Waals surface area contributed by atoms with Crippen molar-refractivity contribution in [3.63, 3.8) is 0 Å². The molecule has 1 N–H and O–H groups in total. The number of hydrogen-bond donors (Lipinski definition) is 1. The summed E-state index contributed by atoms with van der Waals surface area (Å²) in [5.74, 6) is -0.135. The van der Waals surface area contributed by atoms with Gasteiger partial charge in [-0.3, -0.25) is 4.79 Å². The van der Waals surface area contributed by atoms with Gasteiger partial charge in [0.2, 0.25) is 0 Å². The van der Waals surface area contributed by atoms with E-state index in [1.807, 2.05) is 0 Å². The topological polar surface area (TPSA) is 62.7 Å². The van der Waals surface area contributed by atoms with Crippen molar-refractivity contribution in [2.45, 2.75) is 19.4 Å². The van der Waals surface area contributed by atoms with Crippen molar-refractivity contribution in [1.82, 2.24) is 9.88 Å². The van der Waals surface area contributed by atoms with E-state index in [9.17, 15) is 9.18 Å². The Labute approximate surface area is 146 Å². The molecule has 6 heteroatoms. The molecule has 0 saturated carbocycles. The van der Waals surface area contributed by atoms with E-state index in [0.29, 0.717) is 31.1 Å². The van der Waals surface area contributed by atoms with E-state index < -0.39 is 0 Å². The maximum absolute atomic E-state index is 13.6. The number of aromatic nitrogens is 1. The molecule has 1 aromatic carbocycles. The SMILES string of the molecule is O=C(c1cccc(CO)n1)N1CCC[C@H](COc2ccccc2F)C1. The van der Waals surface area contributed by atoms with E-state index in [1.54, 1.807) is 41.3 Å². The van der Waals surface area contributed by atoms with E-state index in [2.05, 4.69) is 4.98 Å². The Hall–Kier alpha value is -2.47. The van der Waals surface area contributed by atoms with Crippen molar-refractivity contribution in [3.05, 3.63) is 59.7 Å². The van der Waals surface area contributed by atoms with E-state index >= 15 is 0 Å². The number of likely N-dealkylation sites (tertiary alicyclic amines) is 1. The monoisotopic (exact) mass is 344 g/mol. The molecule has 2 aromatic rings. The quantitative estimate of drug-likeness (QED) is 0.906. The highest BCUT2D eigenvalue weighted by molar-refractivity contribution is 5.92. The minimum absolute atomic E-state index is 0.147. The smallest absolute Gasteiger partial charge is 0.272 e. The zero-order valence-electron chi connectivity index (χ0n) is 13.9. The molecule has 1 amide bonds. The zero-order chi connectivity index (χ0) is 17.6. The predicted octanol–water partition coefficient (Wildman–Crippen LogP) is 2.64. The van der Waals surface area contributed by atoms with Gasteiger partial charge in [-0.2, -0.15) is 0 Å². The van der Waals surface area contributed by atoms with Crippen molar-refractivity contribution in [3.8, 4) is 5.75 Å². The molecule has 1 saturated heterocycles. The Morgan fingerprint density at radius 3 is 2.92 bits per heavy atom. The van der Waals surface area contributed by atoms with Gasteiger partial charge in [-0.1, -0.05) is 18.2 Å².